The number of para-hydroxylation sites is 1. The minimum Gasteiger partial charge on any atom is -0.233 e. The van der Waals surface area contributed by atoms with Crippen molar-refractivity contribution in [3.05, 3.63) is 54.5 Å². The second-order valence-electron chi connectivity index (χ2n) is 6.45. The van der Waals surface area contributed by atoms with Crippen LogP contribution in [-0.4, -0.2) is 14.6 Å². The van der Waals surface area contributed by atoms with Crippen LogP contribution in [0.25, 0.3) is 16.4 Å². The second kappa shape index (κ2) is 4.99. The van der Waals surface area contributed by atoms with Gasteiger partial charge in [0.2, 0.25) is 0 Å². The lowest BCUT2D eigenvalue weighted by Crippen LogP contribution is -2.12. The summed E-state index contributed by atoms with van der Waals surface area (Å²) in [5.74, 6) is 0.999. The first-order chi connectivity index (χ1) is 10.0. The maximum absolute atomic E-state index is 4.81. The lowest BCUT2D eigenvalue weighted by Gasteiger charge is -2.13. The molecule has 0 spiro atoms. The molecule has 3 nitrogen and oxygen atoms in total. The first-order valence-corrected chi connectivity index (χ1v) is 7.39. The van der Waals surface area contributed by atoms with Crippen molar-refractivity contribution in [1.82, 2.24) is 14.6 Å². The molecule has 1 aromatic carbocycles. The Bertz CT molecular complexity index is 806. The Kier molecular flexibility index (Phi) is 3.28. The van der Waals surface area contributed by atoms with E-state index in [0.29, 0.717) is 0 Å². The highest BCUT2D eigenvalue weighted by molar-refractivity contribution is 5.93. The van der Waals surface area contributed by atoms with Crippen LogP contribution < -0.4 is 0 Å². The quantitative estimate of drug-likeness (QED) is 0.669. The number of benzene rings is 1. The van der Waals surface area contributed by atoms with Gasteiger partial charge in [-0.3, -0.25) is 0 Å². The van der Waals surface area contributed by atoms with Crippen molar-refractivity contribution >= 4 is 16.4 Å². The van der Waals surface area contributed by atoms with Crippen LogP contribution in [0.4, 0.5) is 0 Å². The van der Waals surface area contributed by atoms with Crippen molar-refractivity contribution in [2.24, 2.45) is 0 Å². The maximum Gasteiger partial charge on any atom is 0.131 e. The maximum atomic E-state index is 4.81. The van der Waals surface area contributed by atoms with Crippen molar-refractivity contribution in [1.29, 1.82) is 0 Å². The van der Waals surface area contributed by atoms with Gasteiger partial charge in [0.1, 0.15) is 5.82 Å². The zero-order chi connectivity index (χ0) is 15.0. The third-order valence-electron chi connectivity index (χ3n) is 3.72. The fourth-order valence-corrected chi connectivity index (χ4v) is 2.50. The highest BCUT2D eigenvalue weighted by Gasteiger charge is 2.20. The molecule has 21 heavy (non-hydrogen) atoms. The molecule has 3 heteroatoms. The van der Waals surface area contributed by atoms with Crippen molar-refractivity contribution in [2.45, 2.75) is 39.0 Å². The third kappa shape index (κ3) is 2.44. The van der Waals surface area contributed by atoms with E-state index in [4.69, 9.17) is 10.1 Å². The topological polar surface area (TPSA) is 30.2 Å². The van der Waals surface area contributed by atoms with Gasteiger partial charge in [0.25, 0.3) is 0 Å². The van der Waals surface area contributed by atoms with Gasteiger partial charge in [-0.2, -0.15) is 5.10 Å². The average molecular weight is 279 g/mol. The summed E-state index contributed by atoms with van der Waals surface area (Å²) < 4.78 is 2.01. The highest BCUT2D eigenvalue weighted by Crippen LogP contribution is 2.26. The van der Waals surface area contributed by atoms with Crippen LogP contribution in [0.5, 0.6) is 0 Å². The van der Waals surface area contributed by atoms with Gasteiger partial charge >= 0.3 is 0 Å². The van der Waals surface area contributed by atoms with Gasteiger partial charge in [0, 0.05) is 17.2 Å². The number of fused-ring (bicyclic) bond motifs is 3. The monoisotopic (exact) mass is 279 g/mol. The van der Waals surface area contributed by atoms with Crippen molar-refractivity contribution in [3.63, 3.8) is 0 Å². The van der Waals surface area contributed by atoms with Crippen LogP contribution in [0.1, 0.15) is 38.7 Å². The molecule has 0 aliphatic heterocycles. The lowest BCUT2D eigenvalue weighted by molar-refractivity contribution is 0.559. The van der Waals surface area contributed by atoms with E-state index >= 15 is 0 Å². The standard InChI is InChI=1S/C18H21N3/c1-5-6-11-17-19-14-10-8-7-9-13(14)15-12-16(18(2,3)4)20-21(15)17/h5,7-10,12H,1,6,11H2,2-4H3. The molecule has 0 radical (unpaired) electrons. The Morgan fingerprint density at radius 2 is 2.00 bits per heavy atom. The van der Waals surface area contributed by atoms with Crippen molar-refractivity contribution < 1.29 is 0 Å². The zero-order valence-corrected chi connectivity index (χ0v) is 12.9. The summed E-state index contributed by atoms with van der Waals surface area (Å²) in [5.41, 5.74) is 3.30. The van der Waals surface area contributed by atoms with Gasteiger partial charge in [-0.15, -0.1) is 6.58 Å². The minimum atomic E-state index is 0.0306. The SMILES string of the molecule is C=CCCc1nc2ccccc2c2cc(C(C)(C)C)nn12. The molecular weight excluding hydrogens is 258 g/mol. The summed E-state index contributed by atoms with van der Waals surface area (Å²) in [6.07, 6.45) is 3.69. The number of aryl methyl sites for hydroxylation is 1. The van der Waals surface area contributed by atoms with Crippen LogP contribution >= 0.6 is 0 Å². The molecule has 0 aliphatic rings. The van der Waals surface area contributed by atoms with E-state index < -0.39 is 0 Å². The summed E-state index contributed by atoms with van der Waals surface area (Å²) >= 11 is 0. The third-order valence-corrected chi connectivity index (χ3v) is 3.72. The van der Waals surface area contributed by atoms with Crippen LogP contribution in [0, 0.1) is 0 Å². The van der Waals surface area contributed by atoms with E-state index in [2.05, 4.69) is 51.6 Å². The van der Waals surface area contributed by atoms with E-state index in [9.17, 15) is 0 Å². The smallest absolute Gasteiger partial charge is 0.131 e. The van der Waals surface area contributed by atoms with E-state index in [-0.39, 0.29) is 5.41 Å². The summed E-state index contributed by atoms with van der Waals surface area (Å²) in [6, 6.07) is 10.5. The van der Waals surface area contributed by atoms with Crippen molar-refractivity contribution in [2.75, 3.05) is 0 Å². The van der Waals surface area contributed by atoms with Gasteiger partial charge < -0.3 is 0 Å². The van der Waals surface area contributed by atoms with Gasteiger partial charge in [-0.25, -0.2) is 9.50 Å². The fourth-order valence-electron chi connectivity index (χ4n) is 2.50. The molecule has 0 atom stereocenters. The van der Waals surface area contributed by atoms with E-state index in [1.165, 1.54) is 0 Å². The van der Waals surface area contributed by atoms with Crippen molar-refractivity contribution in [3.8, 4) is 0 Å². The Balaban J connectivity index is 2.33. The van der Waals surface area contributed by atoms with Crippen LogP contribution in [-0.2, 0) is 11.8 Å². The van der Waals surface area contributed by atoms with Gasteiger partial charge in [-0.05, 0) is 18.6 Å². The first kappa shape index (κ1) is 13.8. The number of hydrogen-bond acceptors (Lipinski definition) is 2. The zero-order valence-electron chi connectivity index (χ0n) is 12.9. The molecule has 0 bridgehead atoms. The van der Waals surface area contributed by atoms with E-state index in [0.717, 1.165) is 40.8 Å². The molecule has 0 unspecified atom stereocenters. The number of aromatic nitrogens is 3. The molecular formula is C18H21N3. The summed E-state index contributed by atoms with van der Waals surface area (Å²) in [6.45, 7) is 10.4. The van der Waals surface area contributed by atoms with Gasteiger partial charge in [0.15, 0.2) is 0 Å². The predicted octanol–water partition coefficient (Wildman–Crippen LogP) is 4.30. The second-order valence-corrected chi connectivity index (χ2v) is 6.45. The molecule has 0 saturated heterocycles. The molecule has 3 aromatic rings. The average Bonchev–Trinajstić information content (AvgIpc) is 2.90. The molecule has 3 rings (SSSR count). The molecule has 0 saturated carbocycles. The normalized spacial score (nSPS) is 12.1. The number of rotatable bonds is 3. The van der Waals surface area contributed by atoms with E-state index in [1.54, 1.807) is 0 Å². The van der Waals surface area contributed by atoms with Crippen LogP contribution in [0.2, 0.25) is 0 Å². The Hall–Kier alpha value is -2.16. The summed E-state index contributed by atoms with van der Waals surface area (Å²) in [5, 5.41) is 5.96. The molecule has 0 aliphatic carbocycles. The Morgan fingerprint density at radius 1 is 1.24 bits per heavy atom. The number of allylic oxidation sites excluding steroid dienone is 1. The van der Waals surface area contributed by atoms with E-state index in [1.807, 2.05) is 16.7 Å². The fraction of sp³-hybridized carbons (Fsp3) is 0.333. The molecule has 108 valence electrons. The van der Waals surface area contributed by atoms with Gasteiger partial charge in [0.05, 0.1) is 16.7 Å². The van der Waals surface area contributed by atoms with Crippen LogP contribution in [0.3, 0.4) is 0 Å². The number of nitrogens with zero attached hydrogens (tertiary/aromatic N) is 3. The lowest BCUT2D eigenvalue weighted by atomic mass is 9.92. The first-order valence-electron chi connectivity index (χ1n) is 7.39. The molecule has 2 heterocycles. The Labute approximate surface area is 125 Å². The van der Waals surface area contributed by atoms with Gasteiger partial charge in [-0.1, -0.05) is 45.0 Å². The minimum absolute atomic E-state index is 0.0306. The molecule has 0 fully saturated rings. The molecule has 2 aromatic heterocycles. The Morgan fingerprint density at radius 3 is 2.71 bits per heavy atom. The largest absolute Gasteiger partial charge is 0.233 e. The number of hydrogen-bond donors (Lipinski definition) is 0. The highest BCUT2D eigenvalue weighted by atomic mass is 15.3. The molecule has 0 amide bonds. The summed E-state index contributed by atoms with van der Waals surface area (Å²) in [7, 11) is 0. The molecule has 0 N–H and O–H groups in total. The van der Waals surface area contributed by atoms with Crippen LogP contribution in [0.15, 0.2) is 43.0 Å². The predicted molar refractivity (Wildman–Crippen MR) is 87.7 cm³/mol. The summed E-state index contributed by atoms with van der Waals surface area (Å²) in [4.78, 5) is 4.79.